The molecule has 0 N–H and O–H groups in total. The molecule has 0 saturated carbocycles. The number of esters is 1. The van der Waals surface area contributed by atoms with E-state index in [2.05, 4.69) is 0 Å². The highest BCUT2D eigenvalue weighted by atomic mass is 16.6. The number of carboxylic acids is 1. The summed E-state index contributed by atoms with van der Waals surface area (Å²) < 4.78 is 15.6. The van der Waals surface area contributed by atoms with Crippen LogP contribution in [-0.2, 0) is 14.3 Å². The molecule has 0 aromatic heterocycles. The van der Waals surface area contributed by atoms with Gasteiger partial charge in [-0.1, -0.05) is 0 Å². The molecule has 2 heterocycles. The van der Waals surface area contributed by atoms with E-state index in [0.717, 1.165) is 4.90 Å². The lowest BCUT2D eigenvalue weighted by Crippen LogP contribution is -2.47. The van der Waals surface area contributed by atoms with Crippen molar-refractivity contribution in [1.29, 1.82) is 0 Å². The Morgan fingerprint density at radius 2 is 2.04 bits per heavy atom. The fourth-order valence-electron chi connectivity index (χ4n) is 3.02. The number of carbonyl (C=O) groups is 3. The molecule has 1 amide bonds. The van der Waals surface area contributed by atoms with E-state index < -0.39 is 30.1 Å². The number of ether oxygens (including phenoxy) is 3. The predicted octanol–water partition coefficient (Wildman–Crippen LogP) is -0.386. The van der Waals surface area contributed by atoms with E-state index in [1.165, 1.54) is 14.2 Å². The van der Waals surface area contributed by atoms with Gasteiger partial charge < -0.3 is 24.1 Å². The van der Waals surface area contributed by atoms with Crippen LogP contribution in [0.4, 0.5) is 0 Å². The number of methoxy groups -OCH3 is 2. The predicted molar refractivity (Wildman–Crippen MR) is 72.6 cm³/mol. The standard InChI is InChI=1S/C15H15NO7/c1-21-9-5-3-7-11(12(9)22-2)15(20)23-13(7)16-8(14(18)19)4-6-10(16)17/h3,5,8,13H,4,6H2,1-2H3,(H,18,19)/p-1/t8-,13+/m0/s1. The first kappa shape index (κ1) is 15.1. The number of amides is 1. The van der Waals surface area contributed by atoms with Crippen LogP contribution in [0.5, 0.6) is 11.5 Å². The first-order valence-corrected chi connectivity index (χ1v) is 6.97. The molecular weight excluding hydrogens is 306 g/mol. The molecule has 2 aliphatic heterocycles. The van der Waals surface area contributed by atoms with Crippen LogP contribution < -0.4 is 14.6 Å². The number of hydrogen-bond acceptors (Lipinski definition) is 7. The Kier molecular flexibility index (Phi) is 3.59. The fourth-order valence-corrected chi connectivity index (χ4v) is 3.02. The van der Waals surface area contributed by atoms with Gasteiger partial charge in [0, 0.05) is 12.0 Å². The first-order valence-electron chi connectivity index (χ1n) is 6.97. The SMILES string of the molecule is COc1ccc2c(c1OC)C(=O)O[C@H]2N1C(=O)CC[C@H]1C(=O)[O-]. The van der Waals surface area contributed by atoms with Crippen molar-refractivity contribution in [2.45, 2.75) is 25.1 Å². The van der Waals surface area contributed by atoms with Gasteiger partial charge in [-0.15, -0.1) is 0 Å². The molecule has 8 nitrogen and oxygen atoms in total. The van der Waals surface area contributed by atoms with Crippen LogP contribution in [0.2, 0.25) is 0 Å². The minimum atomic E-state index is -1.37. The van der Waals surface area contributed by atoms with Crippen LogP contribution in [0.15, 0.2) is 12.1 Å². The lowest BCUT2D eigenvalue weighted by Gasteiger charge is -2.30. The van der Waals surface area contributed by atoms with Crippen molar-refractivity contribution in [1.82, 2.24) is 4.90 Å². The lowest BCUT2D eigenvalue weighted by molar-refractivity contribution is -0.312. The summed E-state index contributed by atoms with van der Waals surface area (Å²) in [4.78, 5) is 36.6. The van der Waals surface area contributed by atoms with Gasteiger partial charge in [0.2, 0.25) is 12.1 Å². The van der Waals surface area contributed by atoms with Crippen molar-refractivity contribution >= 4 is 17.8 Å². The average molecular weight is 320 g/mol. The van der Waals surface area contributed by atoms with Gasteiger partial charge >= 0.3 is 5.97 Å². The molecule has 1 fully saturated rings. The Balaban J connectivity index is 2.08. The summed E-state index contributed by atoms with van der Waals surface area (Å²) in [6.45, 7) is 0. The Morgan fingerprint density at radius 3 is 2.65 bits per heavy atom. The van der Waals surface area contributed by atoms with E-state index in [1.807, 2.05) is 0 Å². The molecule has 2 aliphatic rings. The van der Waals surface area contributed by atoms with E-state index in [0.29, 0.717) is 11.3 Å². The number of hydrogen-bond donors (Lipinski definition) is 0. The maximum Gasteiger partial charge on any atom is 0.344 e. The van der Waals surface area contributed by atoms with E-state index >= 15 is 0 Å². The molecule has 1 aromatic rings. The maximum atomic E-state index is 12.2. The topological polar surface area (TPSA) is 105 Å². The van der Waals surface area contributed by atoms with E-state index in [9.17, 15) is 19.5 Å². The number of fused-ring (bicyclic) bond motifs is 1. The second kappa shape index (κ2) is 5.45. The fraction of sp³-hybridized carbons (Fsp3) is 0.400. The summed E-state index contributed by atoms with van der Waals surface area (Å²) in [6.07, 6.45) is -0.914. The molecule has 0 bridgehead atoms. The molecule has 0 spiro atoms. The second-order valence-electron chi connectivity index (χ2n) is 5.20. The summed E-state index contributed by atoms with van der Waals surface area (Å²) in [5.74, 6) is -1.94. The third-order valence-electron chi connectivity index (χ3n) is 4.05. The monoisotopic (exact) mass is 320 g/mol. The van der Waals surface area contributed by atoms with Gasteiger partial charge in [0.1, 0.15) is 5.56 Å². The first-order chi connectivity index (χ1) is 11.0. The van der Waals surface area contributed by atoms with E-state index in [-0.39, 0.29) is 24.2 Å². The van der Waals surface area contributed by atoms with Gasteiger partial charge in [0.05, 0.1) is 26.2 Å². The number of benzene rings is 1. The summed E-state index contributed by atoms with van der Waals surface area (Å²) >= 11 is 0. The number of cyclic esters (lactones) is 1. The van der Waals surface area contributed by atoms with Crippen molar-refractivity contribution in [3.63, 3.8) is 0 Å². The van der Waals surface area contributed by atoms with E-state index in [4.69, 9.17) is 14.2 Å². The van der Waals surface area contributed by atoms with Gasteiger partial charge in [-0.3, -0.25) is 9.69 Å². The molecule has 23 heavy (non-hydrogen) atoms. The Labute approximate surface area is 131 Å². The van der Waals surface area contributed by atoms with Crippen molar-refractivity contribution in [3.05, 3.63) is 23.3 Å². The number of aliphatic carboxylic acids is 1. The van der Waals surface area contributed by atoms with Gasteiger partial charge in [-0.25, -0.2) is 4.79 Å². The molecule has 0 aliphatic carbocycles. The molecule has 0 radical (unpaired) electrons. The summed E-state index contributed by atoms with van der Waals surface area (Å²) in [6, 6.07) is 2.00. The largest absolute Gasteiger partial charge is 0.548 e. The number of carboxylic acid groups (broad SMARTS) is 1. The summed E-state index contributed by atoms with van der Waals surface area (Å²) in [5.41, 5.74) is 0.503. The molecule has 1 saturated heterocycles. The van der Waals surface area contributed by atoms with Crippen LogP contribution in [0.3, 0.4) is 0 Å². The van der Waals surface area contributed by atoms with Crippen LogP contribution in [-0.4, -0.2) is 43.0 Å². The summed E-state index contributed by atoms with van der Waals surface area (Å²) in [5, 5.41) is 11.2. The third kappa shape index (κ3) is 2.18. The molecular formula is C15H14NO7-. The molecule has 2 atom stereocenters. The minimum absolute atomic E-state index is 0.0648. The van der Waals surface area contributed by atoms with Gasteiger partial charge in [0.25, 0.3) is 0 Å². The van der Waals surface area contributed by atoms with Crippen LogP contribution in [0, 0.1) is 0 Å². The minimum Gasteiger partial charge on any atom is -0.548 e. The van der Waals surface area contributed by atoms with Crippen molar-refractivity contribution < 1.29 is 33.7 Å². The second-order valence-corrected chi connectivity index (χ2v) is 5.20. The van der Waals surface area contributed by atoms with Gasteiger partial charge in [0.15, 0.2) is 11.5 Å². The van der Waals surface area contributed by atoms with Crippen LogP contribution >= 0.6 is 0 Å². The molecule has 122 valence electrons. The summed E-state index contributed by atoms with van der Waals surface area (Å²) in [7, 11) is 2.81. The smallest absolute Gasteiger partial charge is 0.344 e. The number of likely N-dealkylation sites (tertiary alicyclic amines) is 1. The van der Waals surface area contributed by atoms with E-state index in [1.54, 1.807) is 12.1 Å². The molecule has 3 rings (SSSR count). The highest BCUT2D eigenvalue weighted by Gasteiger charge is 2.46. The zero-order chi connectivity index (χ0) is 16.7. The van der Waals surface area contributed by atoms with Crippen LogP contribution in [0.25, 0.3) is 0 Å². The average Bonchev–Trinajstić information content (AvgIpc) is 3.06. The van der Waals surface area contributed by atoms with Gasteiger partial charge in [-0.05, 0) is 18.6 Å². The normalized spacial score (nSPS) is 22.8. The van der Waals surface area contributed by atoms with Crippen molar-refractivity contribution in [2.75, 3.05) is 14.2 Å². The Bertz CT molecular complexity index is 699. The number of nitrogens with zero attached hydrogens (tertiary/aromatic N) is 1. The van der Waals surface area contributed by atoms with Crippen molar-refractivity contribution in [2.24, 2.45) is 0 Å². The molecule has 1 aromatic carbocycles. The zero-order valence-corrected chi connectivity index (χ0v) is 12.5. The molecule has 8 heteroatoms. The van der Waals surface area contributed by atoms with Gasteiger partial charge in [-0.2, -0.15) is 0 Å². The van der Waals surface area contributed by atoms with Crippen molar-refractivity contribution in [3.8, 4) is 11.5 Å². The lowest BCUT2D eigenvalue weighted by atomic mass is 10.1. The highest BCUT2D eigenvalue weighted by Crippen LogP contribution is 2.44. The van der Waals surface area contributed by atoms with Crippen LogP contribution in [0.1, 0.15) is 35.0 Å². The Morgan fingerprint density at radius 1 is 1.30 bits per heavy atom. The Hall–Kier alpha value is -2.77. The maximum absolute atomic E-state index is 12.2. The number of carbonyl (C=O) groups excluding carboxylic acids is 3. The molecule has 0 unspecified atom stereocenters. The zero-order valence-electron chi connectivity index (χ0n) is 12.5. The third-order valence-corrected chi connectivity index (χ3v) is 4.05. The quantitative estimate of drug-likeness (QED) is 0.696. The highest BCUT2D eigenvalue weighted by molar-refractivity contribution is 5.99. The number of rotatable bonds is 4.